The Labute approximate surface area is 91.3 Å². The maximum atomic E-state index is 13.0. The monoisotopic (exact) mass is 229 g/mol. The molecule has 15 heavy (non-hydrogen) atoms. The van der Waals surface area contributed by atoms with Gasteiger partial charge in [-0.1, -0.05) is 17.7 Å². The Morgan fingerprint density at radius 3 is 2.87 bits per heavy atom. The van der Waals surface area contributed by atoms with Gasteiger partial charge >= 0.3 is 5.69 Å². The van der Waals surface area contributed by atoms with E-state index in [1.54, 1.807) is 13.0 Å². The van der Waals surface area contributed by atoms with Crippen LogP contribution in [0.2, 0.25) is 0 Å². The number of hydrogen-bond acceptors (Lipinski definition) is 2. The Hall–Kier alpha value is -1.42. The van der Waals surface area contributed by atoms with Crippen LogP contribution in [0.15, 0.2) is 23.8 Å². The average Bonchev–Trinajstić information content (AvgIpc) is 2.20. The number of alkyl halides is 1. The van der Waals surface area contributed by atoms with Gasteiger partial charge in [-0.15, -0.1) is 11.6 Å². The van der Waals surface area contributed by atoms with E-state index in [9.17, 15) is 14.5 Å². The zero-order chi connectivity index (χ0) is 11.4. The van der Waals surface area contributed by atoms with Crippen molar-refractivity contribution in [2.75, 3.05) is 5.88 Å². The van der Waals surface area contributed by atoms with Gasteiger partial charge in [0, 0.05) is 11.9 Å². The third kappa shape index (κ3) is 3.02. The smallest absolute Gasteiger partial charge is 0.258 e. The highest BCUT2D eigenvalue weighted by atomic mass is 35.5. The SMILES string of the molecule is C/C(=C/c1ccc(F)c([N+](=O)[O-])c1)CCl. The van der Waals surface area contributed by atoms with Crippen molar-refractivity contribution in [1.29, 1.82) is 0 Å². The van der Waals surface area contributed by atoms with E-state index in [0.717, 1.165) is 11.6 Å². The summed E-state index contributed by atoms with van der Waals surface area (Å²) >= 11 is 5.56. The van der Waals surface area contributed by atoms with Crippen LogP contribution in [0.1, 0.15) is 12.5 Å². The summed E-state index contributed by atoms with van der Waals surface area (Å²) in [4.78, 5) is 9.70. The largest absolute Gasteiger partial charge is 0.305 e. The molecule has 0 spiro atoms. The van der Waals surface area contributed by atoms with Crippen LogP contribution in [0, 0.1) is 15.9 Å². The predicted molar refractivity (Wildman–Crippen MR) is 57.4 cm³/mol. The van der Waals surface area contributed by atoms with E-state index in [0.29, 0.717) is 11.4 Å². The summed E-state index contributed by atoms with van der Waals surface area (Å²) in [6.07, 6.45) is 1.68. The fourth-order valence-electron chi connectivity index (χ4n) is 1.08. The molecule has 0 atom stereocenters. The number of allylic oxidation sites excluding steroid dienone is 1. The van der Waals surface area contributed by atoms with Gasteiger partial charge < -0.3 is 0 Å². The third-order valence-electron chi connectivity index (χ3n) is 1.79. The summed E-state index contributed by atoms with van der Waals surface area (Å²) in [5.41, 5.74) is 0.907. The van der Waals surface area contributed by atoms with Crippen molar-refractivity contribution >= 4 is 23.4 Å². The van der Waals surface area contributed by atoms with Gasteiger partial charge in [0.1, 0.15) is 0 Å². The standard InChI is InChI=1S/C10H9ClFNO2/c1-7(6-11)4-8-2-3-9(12)10(5-8)13(14)15/h2-5H,6H2,1H3/b7-4-. The second-order valence-corrected chi connectivity index (χ2v) is 3.36. The van der Waals surface area contributed by atoms with Crippen LogP contribution in [0.25, 0.3) is 6.08 Å². The number of halogens is 2. The fourth-order valence-corrected chi connectivity index (χ4v) is 1.16. The predicted octanol–water partition coefficient (Wildman–Crippen LogP) is 3.38. The number of hydrogen-bond donors (Lipinski definition) is 0. The molecule has 0 radical (unpaired) electrons. The minimum absolute atomic E-state index is 0.338. The molecule has 0 aliphatic rings. The molecule has 0 aliphatic heterocycles. The molecular weight excluding hydrogens is 221 g/mol. The summed E-state index contributed by atoms with van der Waals surface area (Å²) in [6.45, 7) is 1.79. The van der Waals surface area contributed by atoms with Crippen molar-refractivity contribution in [3.8, 4) is 0 Å². The number of nitrogens with zero attached hydrogens (tertiary/aromatic N) is 1. The molecule has 0 saturated carbocycles. The molecule has 3 nitrogen and oxygen atoms in total. The van der Waals surface area contributed by atoms with Crippen LogP contribution in [0.3, 0.4) is 0 Å². The average molecular weight is 230 g/mol. The van der Waals surface area contributed by atoms with E-state index in [1.165, 1.54) is 12.1 Å². The lowest BCUT2D eigenvalue weighted by Crippen LogP contribution is -1.92. The highest BCUT2D eigenvalue weighted by Crippen LogP contribution is 2.20. The molecular formula is C10H9ClFNO2. The third-order valence-corrected chi connectivity index (χ3v) is 2.21. The number of benzene rings is 1. The molecule has 5 heteroatoms. The summed E-state index contributed by atoms with van der Waals surface area (Å²) in [5, 5.41) is 10.4. The van der Waals surface area contributed by atoms with Crippen molar-refractivity contribution in [3.05, 3.63) is 45.3 Å². The summed E-state index contributed by atoms with van der Waals surface area (Å²) in [7, 11) is 0. The van der Waals surface area contributed by atoms with E-state index >= 15 is 0 Å². The van der Waals surface area contributed by atoms with Crippen LogP contribution >= 0.6 is 11.6 Å². The first-order valence-electron chi connectivity index (χ1n) is 4.21. The summed E-state index contributed by atoms with van der Waals surface area (Å²) < 4.78 is 13.0. The molecule has 1 aromatic carbocycles. The normalized spacial score (nSPS) is 11.5. The van der Waals surface area contributed by atoms with Gasteiger partial charge in [0.25, 0.3) is 0 Å². The molecule has 0 N–H and O–H groups in total. The van der Waals surface area contributed by atoms with Gasteiger partial charge in [-0.3, -0.25) is 10.1 Å². The maximum absolute atomic E-state index is 13.0. The number of nitro benzene ring substituents is 1. The Bertz CT molecular complexity index is 418. The first kappa shape index (κ1) is 11.7. The lowest BCUT2D eigenvalue weighted by molar-refractivity contribution is -0.387. The summed E-state index contributed by atoms with van der Waals surface area (Å²) in [6, 6.07) is 3.73. The van der Waals surface area contributed by atoms with Crippen molar-refractivity contribution < 1.29 is 9.31 Å². The molecule has 0 bridgehead atoms. The minimum Gasteiger partial charge on any atom is -0.258 e. The molecule has 0 saturated heterocycles. The van der Waals surface area contributed by atoms with E-state index in [2.05, 4.69) is 0 Å². The highest BCUT2D eigenvalue weighted by molar-refractivity contribution is 6.19. The second kappa shape index (κ2) is 4.89. The lowest BCUT2D eigenvalue weighted by atomic mass is 10.1. The van der Waals surface area contributed by atoms with E-state index in [1.807, 2.05) is 0 Å². The molecule has 0 unspecified atom stereocenters. The minimum atomic E-state index is -0.833. The van der Waals surface area contributed by atoms with Crippen LogP contribution in [0.5, 0.6) is 0 Å². The quantitative estimate of drug-likeness (QED) is 0.453. The highest BCUT2D eigenvalue weighted by Gasteiger charge is 2.13. The molecule has 0 aromatic heterocycles. The molecule has 0 aliphatic carbocycles. The second-order valence-electron chi connectivity index (χ2n) is 3.09. The maximum Gasteiger partial charge on any atom is 0.305 e. The zero-order valence-corrected chi connectivity index (χ0v) is 8.79. The fraction of sp³-hybridized carbons (Fsp3) is 0.200. The van der Waals surface area contributed by atoms with Gasteiger partial charge in [-0.2, -0.15) is 4.39 Å². The van der Waals surface area contributed by atoms with E-state index in [-0.39, 0.29) is 0 Å². The molecule has 1 aromatic rings. The molecule has 0 amide bonds. The summed E-state index contributed by atoms with van der Waals surface area (Å²) in [5.74, 6) is -0.494. The van der Waals surface area contributed by atoms with Gasteiger partial charge in [-0.25, -0.2) is 0 Å². The van der Waals surface area contributed by atoms with Crippen molar-refractivity contribution in [2.24, 2.45) is 0 Å². The van der Waals surface area contributed by atoms with Crippen molar-refractivity contribution in [1.82, 2.24) is 0 Å². The Balaban J connectivity index is 3.13. The van der Waals surface area contributed by atoms with Crippen LogP contribution < -0.4 is 0 Å². The van der Waals surface area contributed by atoms with Crippen LogP contribution in [-0.4, -0.2) is 10.8 Å². The van der Waals surface area contributed by atoms with Crippen LogP contribution in [-0.2, 0) is 0 Å². The van der Waals surface area contributed by atoms with Gasteiger partial charge in [0.2, 0.25) is 5.82 Å². The first-order chi connectivity index (χ1) is 7.04. The van der Waals surface area contributed by atoms with E-state index in [4.69, 9.17) is 11.6 Å². The molecule has 80 valence electrons. The van der Waals surface area contributed by atoms with Crippen molar-refractivity contribution in [3.63, 3.8) is 0 Å². The van der Waals surface area contributed by atoms with Gasteiger partial charge in [0.15, 0.2) is 0 Å². The number of rotatable bonds is 3. The number of nitro groups is 1. The van der Waals surface area contributed by atoms with Gasteiger partial charge in [0.05, 0.1) is 4.92 Å². The molecule has 1 rings (SSSR count). The Kier molecular flexibility index (Phi) is 3.80. The zero-order valence-electron chi connectivity index (χ0n) is 8.04. The first-order valence-corrected chi connectivity index (χ1v) is 4.75. The molecule has 0 heterocycles. The van der Waals surface area contributed by atoms with Crippen molar-refractivity contribution in [2.45, 2.75) is 6.92 Å². The molecule has 0 fully saturated rings. The van der Waals surface area contributed by atoms with E-state index < -0.39 is 16.4 Å². The lowest BCUT2D eigenvalue weighted by Gasteiger charge is -1.98. The topological polar surface area (TPSA) is 43.1 Å². The van der Waals surface area contributed by atoms with Crippen LogP contribution in [0.4, 0.5) is 10.1 Å². The Morgan fingerprint density at radius 1 is 1.67 bits per heavy atom. The Morgan fingerprint density at radius 2 is 2.33 bits per heavy atom. The van der Waals surface area contributed by atoms with Gasteiger partial charge in [-0.05, 0) is 18.6 Å².